The lowest BCUT2D eigenvalue weighted by molar-refractivity contribution is -0.142. The number of aromatic amines is 1. The largest absolute Gasteiger partial charge is 0.480 e. The maximum absolute atomic E-state index is 13.4. The molecular weight excluding hydrogens is 508 g/mol. The molecule has 11 nitrogen and oxygen atoms in total. The molecule has 0 saturated carbocycles. The molecule has 0 radical (unpaired) electrons. The normalized spacial score (nSPS) is 14.9. The van der Waals surface area contributed by atoms with Crippen LogP contribution < -0.4 is 21.7 Å². The molecule has 0 aliphatic carbocycles. The molecule has 3 amide bonds. The Balaban J connectivity index is 2.22. The summed E-state index contributed by atoms with van der Waals surface area (Å²) in [7, 11) is 0. The summed E-state index contributed by atoms with van der Waals surface area (Å²) in [4.78, 5) is 58.0. The minimum Gasteiger partial charge on any atom is -0.480 e. The predicted molar refractivity (Wildman–Crippen MR) is 146 cm³/mol. The summed E-state index contributed by atoms with van der Waals surface area (Å²) in [6, 6.07) is 5.07. The Bertz CT molecular complexity index is 1040. The molecule has 0 aliphatic heterocycles. The molecule has 5 unspecified atom stereocenters. The summed E-state index contributed by atoms with van der Waals surface area (Å²) in [6.45, 7) is 3.72. The van der Waals surface area contributed by atoms with Crippen molar-refractivity contribution in [1.29, 1.82) is 0 Å². The van der Waals surface area contributed by atoms with E-state index < -0.39 is 47.9 Å². The van der Waals surface area contributed by atoms with E-state index >= 15 is 0 Å². The number of hydrogen-bond acceptors (Lipinski definition) is 7. The van der Waals surface area contributed by atoms with Gasteiger partial charge in [-0.3, -0.25) is 14.4 Å². The van der Waals surface area contributed by atoms with E-state index in [1.165, 1.54) is 12.5 Å². The first-order valence-corrected chi connectivity index (χ1v) is 13.9. The number of amides is 3. The van der Waals surface area contributed by atoms with Crippen LogP contribution >= 0.6 is 11.8 Å². The number of rotatable bonds is 16. The van der Waals surface area contributed by atoms with Gasteiger partial charge in [-0.05, 0) is 29.9 Å². The minimum absolute atomic E-state index is 0.00738. The quantitative estimate of drug-likeness (QED) is 0.179. The summed E-state index contributed by atoms with van der Waals surface area (Å²) in [5.41, 5.74) is 7.31. The smallest absolute Gasteiger partial charge is 0.326 e. The number of aliphatic carboxylic acids is 1. The van der Waals surface area contributed by atoms with Gasteiger partial charge < -0.3 is 31.8 Å². The molecular formula is C26H38N6O5S. The number of nitrogens with two attached hydrogens (primary N) is 1. The van der Waals surface area contributed by atoms with Crippen molar-refractivity contribution in [2.45, 2.75) is 63.7 Å². The lowest BCUT2D eigenvalue weighted by Gasteiger charge is -2.28. The van der Waals surface area contributed by atoms with E-state index in [0.717, 1.165) is 5.56 Å². The molecule has 0 aliphatic rings. The fraction of sp³-hybridized carbons (Fsp3) is 0.500. The number of carbonyl (C=O) groups excluding carboxylic acids is 3. The van der Waals surface area contributed by atoms with Crippen LogP contribution in [-0.2, 0) is 32.0 Å². The molecule has 5 atom stereocenters. The Kier molecular flexibility index (Phi) is 12.8. The van der Waals surface area contributed by atoms with E-state index in [1.54, 1.807) is 11.8 Å². The van der Waals surface area contributed by atoms with Crippen LogP contribution in [0.4, 0.5) is 0 Å². The third-order valence-corrected chi connectivity index (χ3v) is 6.92. The third-order valence-electron chi connectivity index (χ3n) is 6.27. The van der Waals surface area contributed by atoms with E-state index in [2.05, 4.69) is 25.9 Å². The topological polar surface area (TPSA) is 179 Å². The number of carboxylic acid groups (broad SMARTS) is 1. The molecule has 2 rings (SSSR count). The predicted octanol–water partition coefficient (Wildman–Crippen LogP) is 0.860. The van der Waals surface area contributed by atoms with Crippen LogP contribution in [0, 0.1) is 5.92 Å². The summed E-state index contributed by atoms with van der Waals surface area (Å²) in [5, 5.41) is 17.7. The van der Waals surface area contributed by atoms with Crippen LogP contribution in [0.15, 0.2) is 42.9 Å². The zero-order valence-electron chi connectivity index (χ0n) is 22.0. The van der Waals surface area contributed by atoms with Crippen LogP contribution in [0.5, 0.6) is 0 Å². The van der Waals surface area contributed by atoms with Crippen molar-refractivity contribution in [3.8, 4) is 0 Å². The van der Waals surface area contributed by atoms with Crippen LogP contribution in [0.1, 0.15) is 37.9 Å². The van der Waals surface area contributed by atoms with Crippen molar-refractivity contribution in [2.75, 3.05) is 12.0 Å². The Morgan fingerprint density at radius 3 is 2.29 bits per heavy atom. The van der Waals surface area contributed by atoms with Gasteiger partial charge in [0, 0.05) is 24.7 Å². The average Bonchev–Trinajstić information content (AvgIpc) is 3.42. The zero-order chi connectivity index (χ0) is 28.1. The molecule has 208 valence electrons. The van der Waals surface area contributed by atoms with Gasteiger partial charge in [0.15, 0.2) is 0 Å². The van der Waals surface area contributed by atoms with E-state index in [9.17, 15) is 24.3 Å². The fourth-order valence-corrected chi connectivity index (χ4v) is 4.24. The van der Waals surface area contributed by atoms with Gasteiger partial charge in [-0.1, -0.05) is 50.6 Å². The number of aromatic nitrogens is 2. The molecule has 2 aromatic rings. The zero-order valence-corrected chi connectivity index (χ0v) is 22.8. The Hall–Kier alpha value is -3.38. The lowest BCUT2D eigenvalue weighted by atomic mass is 9.96. The van der Waals surface area contributed by atoms with Crippen molar-refractivity contribution >= 4 is 35.5 Å². The molecule has 0 fully saturated rings. The standard InChI is InChI=1S/C26H38N6O5S/c1-4-16(2)22(32-23(33)19(27)10-11-38-3)25(35)30-20(12-17-8-6-5-7-9-17)24(34)31-21(26(36)37)13-18-14-28-15-29-18/h5-9,14-16,19-22H,4,10-13,27H2,1-3H3,(H,28,29)(H,30,35)(H,31,34)(H,32,33)(H,36,37). The molecule has 38 heavy (non-hydrogen) atoms. The summed E-state index contributed by atoms with van der Waals surface area (Å²) in [6.07, 6.45) is 6.00. The van der Waals surface area contributed by atoms with Gasteiger partial charge in [0.2, 0.25) is 17.7 Å². The Morgan fingerprint density at radius 1 is 1.03 bits per heavy atom. The van der Waals surface area contributed by atoms with Crippen molar-refractivity contribution in [1.82, 2.24) is 25.9 Å². The van der Waals surface area contributed by atoms with E-state index in [1.807, 2.05) is 50.4 Å². The first kappa shape index (κ1) is 30.8. The number of carbonyl (C=O) groups is 4. The molecule has 1 aromatic carbocycles. The molecule has 7 N–H and O–H groups in total. The van der Waals surface area contributed by atoms with Crippen LogP contribution in [-0.4, -0.2) is 74.9 Å². The highest BCUT2D eigenvalue weighted by Crippen LogP contribution is 2.11. The number of hydrogen-bond donors (Lipinski definition) is 6. The summed E-state index contributed by atoms with van der Waals surface area (Å²) in [5.74, 6) is -2.38. The number of thioether (sulfide) groups is 1. The number of nitrogens with one attached hydrogen (secondary N) is 4. The molecule has 0 saturated heterocycles. The fourth-order valence-electron chi connectivity index (χ4n) is 3.75. The number of nitrogens with zero attached hydrogens (tertiary/aromatic N) is 1. The van der Waals surface area contributed by atoms with Crippen molar-refractivity contribution in [3.05, 3.63) is 54.1 Å². The Morgan fingerprint density at radius 2 is 1.71 bits per heavy atom. The number of imidazole rings is 1. The van der Waals surface area contributed by atoms with Crippen LogP contribution in [0.2, 0.25) is 0 Å². The molecule has 1 heterocycles. The minimum atomic E-state index is -1.24. The second-order valence-corrected chi connectivity index (χ2v) is 10.2. The molecule has 12 heteroatoms. The van der Waals surface area contributed by atoms with Gasteiger partial charge in [-0.15, -0.1) is 0 Å². The second-order valence-electron chi connectivity index (χ2n) is 9.19. The van der Waals surface area contributed by atoms with Crippen LogP contribution in [0.25, 0.3) is 0 Å². The third kappa shape index (κ3) is 9.82. The van der Waals surface area contributed by atoms with Crippen molar-refractivity contribution in [3.63, 3.8) is 0 Å². The first-order valence-electron chi connectivity index (χ1n) is 12.6. The average molecular weight is 547 g/mol. The van der Waals surface area contributed by atoms with Crippen molar-refractivity contribution < 1.29 is 24.3 Å². The number of carboxylic acids is 1. The van der Waals surface area contributed by atoms with Gasteiger partial charge in [-0.25, -0.2) is 9.78 Å². The molecule has 1 aromatic heterocycles. The van der Waals surface area contributed by atoms with Gasteiger partial charge in [-0.2, -0.15) is 11.8 Å². The van der Waals surface area contributed by atoms with Gasteiger partial charge >= 0.3 is 5.97 Å². The van der Waals surface area contributed by atoms with Gasteiger partial charge in [0.1, 0.15) is 18.1 Å². The number of benzene rings is 1. The van der Waals surface area contributed by atoms with Gasteiger partial charge in [0.05, 0.1) is 12.4 Å². The van der Waals surface area contributed by atoms with E-state index in [4.69, 9.17) is 5.73 Å². The monoisotopic (exact) mass is 546 g/mol. The summed E-state index contributed by atoms with van der Waals surface area (Å²) < 4.78 is 0. The SMILES string of the molecule is CCC(C)C(NC(=O)C(N)CCSC)C(=O)NC(Cc1ccccc1)C(=O)NC(Cc1cnc[nH]1)C(=O)O. The first-order chi connectivity index (χ1) is 18.2. The van der Waals surface area contributed by atoms with E-state index in [0.29, 0.717) is 24.3 Å². The Labute approximate surface area is 227 Å². The van der Waals surface area contributed by atoms with E-state index in [-0.39, 0.29) is 18.8 Å². The highest BCUT2D eigenvalue weighted by atomic mass is 32.2. The maximum Gasteiger partial charge on any atom is 0.326 e. The second kappa shape index (κ2) is 15.8. The van der Waals surface area contributed by atoms with Crippen molar-refractivity contribution in [2.24, 2.45) is 11.7 Å². The van der Waals surface area contributed by atoms with Crippen LogP contribution in [0.3, 0.4) is 0 Å². The molecule has 0 spiro atoms. The number of H-pyrrole nitrogens is 1. The summed E-state index contributed by atoms with van der Waals surface area (Å²) >= 11 is 1.57. The maximum atomic E-state index is 13.4. The highest BCUT2D eigenvalue weighted by molar-refractivity contribution is 7.98. The highest BCUT2D eigenvalue weighted by Gasteiger charge is 2.32. The van der Waals surface area contributed by atoms with Gasteiger partial charge in [0.25, 0.3) is 0 Å². The lowest BCUT2D eigenvalue weighted by Crippen LogP contribution is -2.59. The molecule has 0 bridgehead atoms.